The van der Waals surface area contributed by atoms with Gasteiger partial charge in [0.15, 0.2) is 0 Å². The van der Waals surface area contributed by atoms with E-state index in [-0.39, 0.29) is 12.5 Å². The van der Waals surface area contributed by atoms with E-state index in [2.05, 4.69) is 20.7 Å². The monoisotopic (exact) mass is 470 g/mol. The van der Waals surface area contributed by atoms with Crippen molar-refractivity contribution in [3.63, 3.8) is 0 Å². The molecule has 1 unspecified atom stereocenters. The molecule has 0 spiro atoms. The maximum atomic E-state index is 12.8. The minimum absolute atomic E-state index is 0.0175. The molecule has 180 valence electrons. The molecule has 3 aromatic rings. The molecule has 1 aliphatic heterocycles. The largest absolute Gasteiger partial charge is 0.392 e. The van der Waals surface area contributed by atoms with E-state index in [1.165, 1.54) is 0 Å². The van der Waals surface area contributed by atoms with Gasteiger partial charge in [-0.05, 0) is 60.2 Å². The molecule has 1 aliphatic carbocycles. The summed E-state index contributed by atoms with van der Waals surface area (Å²) in [5, 5.41) is 19.6. The lowest BCUT2D eigenvalue weighted by molar-refractivity contribution is -0.117. The number of nitroso groups, excluding NO2 is 1. The second-order valence-corrected chi connectivity index (χ2v) is 9.46. The number of fused-ring (bicyclic) bond motifs is 3. The van der Waals surface area contributed by atoms with Crippen LogP contribution in [0.5, 0.6) is 0 Å². The number of carbonyl (C=O) groups excluding carboxylic acids is 1. The Bertz CT molecular complexity index is 1250. The molecule has 0 saturated carbocycles. The lowest BCUT2D eigenvalue weighted by Crippen LogP contribution is -2.42. The lowest BCUT2D eigenvalue weighted by Gasteiger charge is -2.32. The first-order valence-electron chi connectivity index (χ1n) is 12.1. The minimum Gasteiger partial charge on any atom is -0.392 e. The molecule has 7 heteroatoms. The Hall–Kier alpha value is -3.55. The van der Waals surface area contributed by atoms with Crippen molar-refractivity contribution in [2.45, 2.75) is 38.5 Å². The van der Waals surface area contributed by atoms with Crippen molar-refractivity contribution in [1.82, 2.24) is 4.90 Å². The summed E-state index contributed by atoms with van der Waals surface area (Å²) >= 11 is 0. The van der Waals surface area contributed by atoms with Gasteiger partial charge in [0.25, 0.3) is 0 Å². The standard InChI is InChI=1S/C28H30N4O3/c1-18-6-9-26(19(14-18)17-33)29-20-10-12-32(13-11-20)16-27(34)30-21-7-8-24-25(15-21)22-4-2-3-5-23(22)28(24)31-35/h2-9,14-15,20,28-29,33H,10-13,16-17H2,1H3,(H,30,34). The molecular formula is C28H30N4O3. The molecule has 5 rings (SSSR count). The molecule has 1 amide bonds. The number of piperidine rings is 1. The smallest absolute Gasteiger partial charge is 0.238 e. The van der Waals surface area contributed by atoms with Crippen LogP contribution in [0.1, 0.15) is 41.1 Å². The second kappa shape index (κ2) is 9.98. The Morgan fingerprint density at radius 2 is 1.80 bits per heavy atom. The van der Waals surface area contributed by atoms with Crippen molar-refractivity contribution in [1.29, 1.82) is 0 Å². The number of carbonyl (C=O) groups is 1. The summed E-state index contributed by atoms with van der Waals surface area (Å²) in [5.74, 6) is -0.0474. The first kappa shape index (κ1) is 23.2. The Morgan fingerprint density at radius 3 is 2.57 bits per heavy atom. The zero-order chi connectivity index (χ0) is 24.4. The van der Waals surface area contributed by atoms with Gasteiger partial charge in [0, 0.05) is 36.1 Å². The normalized spacial score (nSPS) is 17.5. The molecule has 3 N–H and O–H groups in total. The number of likely N-dealkylation sites (tertiary alicyclic amines) is 1. The van der Waals surface area contributed by atoms with Gasteiger partial charge in [-0.15, -0.1) is 4.91 Å². The predicted molar refractivity (Wildman–Crippen MR) is 138 cm³/mol. The van der Waals surface area contributed by atoms with Crippen molar-refractivity contribution in [2.75, 3.05) is 30.3 Å². The highest BCUT2D eigenvalue weighted by molar-refractivity contribution is 5.94. The molecule has 35 heavy (non-hydrogen) atoms. The molecule has 0 aromatic heterocycles. The Morgan fingerprint density at radius 1 is 1.03 bits per heavy atom. The van der Waals surface area contributed by atoms with Gasteiger partial charge in [0.1, 0.15) is 6.04 Å². The molecule has 1 atom stereocenters. The van der Waals surface area contributed by atoms with E-state index in [4.69, 9.17) is 0 Å². The third kappa shape index (κ3) is 4.83. The summed E-state index contributed by atoms with van der Waals surface area (Å²) in [6.07, 6.45) is 1.86. The van der Waals surface area contributed by atoms with E-state index in [0.29, 0.717) is 12.6 Å². The van der Waals surface area contributed by atoms with Crippen molar-refractivity contribution >= 4 is 17.3 Å². The fourth-order valence-corrected chi connectivity index (χ4v) is 5.22. The van der Waals surface area contributed by atoms with Crippen molar-refractivity contribution < 1.29 is 9.90 Å². The van der Waals surface area contributed by atoms with E-state index in [9.17, 15) is 14.8 Å². The average molecular weight is 471 g/mol. The number of benzene rings is 3. The molecule has 1 fully saturated rings. The predicted octanol–water partition coefficient (Wildman–Crippen LogP) is 4.84. The van der Waals surface area contributed by atoms with Crippen molar-refractivity contribution in [3.8, 4) is 11.1 Å². The third-order valence-electron chi connectivity index (χ3n) is 7.03. The average Bonchev–Trinajstić information content (AvgIpc) is 3.19. The number of aliphatic hydroxyl groups is 1. The van der Waals surface area contributed by atoms with Crippen LogP contribution in [0.15, 0.2) is 65.8 Å². The van der Waals surface area contributed by atoms with Crippen LogP contribution in [0.2, 0.25) is 0 Å². The Balaban J connectivity index is 1.17. The van der Waals surface area contributed by atoms with Gasteiger partial charge >= 0.3 is 0 Å². The van der Waals surface area contributed by atoms with E-state index in [0.717, 1.165) is 70.7 Å². The highest BCUT2D eigenvalue weighted by Crippen LogP contribution is 2.46. The van der Waals surface area contributed by atoms with Gasteiger partial charge in [0.05, 0.1) is 13.2 Å². The maximum Gasteiger partial charge on any atom is 0.238 e. The minimum atomic E-state index is -0.491. The number of hydrogen-bond acceptors (Lipinski definition) is 6. The third-order valence-corrected chi connectivity index (χ3v) is 7.03. The second-order valence-electron chi connectivity index (χ2n) is 9.46. The van der Waals surface area contributed by atoms with Crippen LogP contribution < -0.4 is 10.6 Å². The lowest BCUT2D eigenvalue weighted by atomic mass is 10.0. The molecule has 7 nitrogen and oxygen atoms in total. The summed E-state index contributed by atoms with van der Waals surface area (Å²) in [7, 11) is 0. The molecule has 1 heterocycles. The van der Waals surface area contributed by atoms with Crippen molar-refractivity contribution in [3.05, 3.63) is 87.8 Å². The quantitative estimate of drug-likeness (QED) is 0.430. The number of aryl methyl sites for hydroxylation is 1. The summed E-state index contributed by atoms with van der Waals surface area (Å²) in [6, 6.07) is 19.4. The first-order valence-corrected chi connectivity index (χ1v) is 12.1. The molecule has 3 aromatic carbocycles. The summed E-state index contributed by atoms with van der Waals surface area (Å²) in [5.41, 5.74) is 7.50. The summed E-state index contributed by atoms with van der Waals surface area (Å²) in [6.45, 7) is 4.04. The van der Waals surface area contributed by atoms with Crippen LogP contribution in [-0.2, 0) is 11.4 Å². The highest BCUT2D eigenvalue weighted by Gasteiger charge is 2.29. The summed E-state index contributed by atoms with van der Waals surface area (Å²) < 4.78 is 0. The van der Waals surface area contributed by atoms with E-state index in [1.807, 2.05) is 67.6 Å². The number of nitrogens with one attached hydrogen (secondary N) is 2. The Kier molecular flexibility index (Phi) is 6.61. The fourth-order valence-electron chi connectivity index (χ4n) is 5.22. The molecule has 0 bridgehead atoms. The molecule has 0 radical (unpaired) electrons. The zero-order valence-electron chi connectivity index (χ0n) is 19.8. The van der Waals surface area contributed by atoms with Gasteiger partial charge in [-0.3, -0.25) is 9.69 Å². The van der Waals surface area contributed by atoms with Crippen LogP contribution in [0.3, 0.4) is 0 Å². The van der Waals surface area contributed by atoms with Gasteiger partial charge < -0.3 is 15.7 Å². The van der Waals surface area contributed by atoms with Gasteiger partial charge in [-0.2, -0.15) is 0 Å². The molecule has 1 saturated heterocycles. The van der Waals surface area contributed by atoms with Gasteiger partial charge in [-0.25, -0.2) is 0 Å². The number of aliphatic hydroxyl groups excluding tert-OH is 1. The fraction of sp³-hybridized carbons (Fsp3) is 0.321. The number of amides is 1. The summed E-state index contributed by atoms with van der Waals surface area (Å²) in [4.78, 5) is 26.4. The maximum absolute atomic E-state index is 12.8. The number of nitrogens with zero attached hydrogens (tertiary/aromatic N) is 2. The van der Waals surface area contributed by atoms with Gasteiger partial charge in [0.2, 0.25) is 5.91 Å². The van der Waals surface area contributed by atoms with E-state index >= 15 is 0 Å². The van der Waals surface area contributed by atoms with E-state index in [1.54, 1.807) is 0 Å². The number of anilines is 2. The SMILES string of the molecule is Cc1ccc(NC2CCN(CC(=O)Nc3ccc4c(c3)-c3ccccc3C4N=O)CC2)c(CO)c1. The topological polar surface area (TPSA) is 94.0 Å². The molecular weight excluding hydrogens is 440 g/mol. The highest BCUT2D eigenvalue weighted by atomic mass is 16.3. The Labute approximate surface area is 205 Å². The van der Waals surface area contributed by atoms with Crippen LogP contribution in [0.4, 0.5) is 11.4 Å². The van der Waals surface area contributed by atoms with Gasteiger partial charge in [-0.1, -0.05) is 53.2 Å². The first-order chi connectivity index (χ1) is 17.1. The van der Waals surface area contributed by atoms with Crippen LogP contribution in [-0.4, -0.2) is 41.6 Å². The van der Waals surface area contributed by atoms with E-state index < -0.39 is 6.04 Å². The van der Waals surface area contributed by atoms with Crippen LogP contribution >= 0.6 is 0 Å². The molecule has 2 aliphatic rings. The number of rotatable bonds is 7. The van der Waals surface area contributed by atoms with Crippen LogP contribution in [0.25, 0.3) is 11.1 Å². The van der Waals surface area contributed by atoms with Crippen molar-refractivity contribution in [2.24, 2.45) is 5.18 Å². The number of hydrogen-bond donors (Lipinski definition) is 3. The zero-order valence-corrected chi connectivity index (χ0v) is 19.8. The van der Waals surface area contributed by atoms with Crippen LogP contribution in [0, 0.1) is 11.8 Å².